The summed E-state index contributed by atoms with van der Waals surface area (Å²) in [5.74, 6) is 0. The van der Waals surface area contributed by atoms with Gasteiger partial charge in [0.25, 0.3) is 0 Å². The third-order valence-corrected chi connectivity index (χ3v) is 5.40. The van der Waals surface area contributed by atoms with Crippen molar-refractivity contribution in [1.29, 1.82) is 0 Å². The van der Waals surface area contributed by atoms with Gasteiger partial charge in [0.2, 0.25) is 4.69 Å². The molecule has 1 unspecified atom stereocenters. The van der Waals surface area contributed by atoms with Crippen LogP contribution in [-0.2, 0) is 4.79 Å². The summed E-state index contributed by atoms with van der Waals surface area (Å²) in [7, 11) is 0. The first-order chi connectivity index (χ1) is 7.56. The molecule has 0 saturated heterocycles. The summed E-state index contributed by atoms with van der Waals surface area (Å²) in [5.41, 5.74) is 0. The third-order valence-electron chi connectivity index (χ3n) is 2.96. The number of unbranched alkanes of at least 4 members (excludes halogenated alkanes) is 5. The van der Waals surface area contributed by atoms with Crippen molar-refractivity contribution in [1.82, 2.24) is 0 Å². The van der Waals surface area contributed by atoms with E-state index in [0.29, 0.717) is 0 Å². The van der Waals surface area contributed by atoms with Crippen molar-refractivity contribution in [3.8, 4) is 0 Å². The van der Waals surface area contributed by atoms with E-state index in [9.17, 15) is 4.79 Å². The third kappa shape index (κ3) is 7.05. The first-order valence-corrected chi connectivity index (χ1v) is 8.04. The van der Waals surface area contributed by atoms with Gasteiger partial charge in [0.1, 0.15) is 0 Å². The molecule has 3 heteroatoms. The standard InChI is InChI=1S/C13H24Br2O/c1-3-5-7-9-11-13(15,12(14)16)10-8-6-4-2/h3-11H2,1-2H3. The molecule has 0 radical (unpaired) electrons. The van der Waals surface area contributed by atoms with E-state index in [4.69, 9.17) is 0 Å². The van der Waals surface area contributed by atoms with Crippen LogP contribution in [0.25, 0.3) is 0 Å². The Bertz CT molecular complexity index is 194. The maximum absolute atomic E-state index is 11.6. The van der Waals surface area contributed by atoms with Gasteiger partial charge in [-0.1, -0.05) is 74.7 Å². The molecular weight excluding hydrogens is 332 g/mol. The quantitative estimate of drug-likeness (QED) is 0.283. The van der Waals surface area contributed by atoms with Gasteiger partial charge in [-0.15, -0.1) is 0 Å². The molecule has 0 fully saturated rings. The fourth-order valence-corrected chi connectivity index (χ4v) is 2.77. The van der Waals surface area contributed by atoms with Gasteiger partial charge in [-0.05, 0) is 28.8 Å². The highest BCUT2D eigenvalue weighted by Crippen LogP contribution is 2.34. The van der Waals surface area contributed by atoms with Crippen LogP contribution < -0.4 is 0 Å². The predicted octanol–water partition coefficient (Wildman–Crippen LogP) is 5.59. The summed E-state index contributed by atoms with van der Waals surface area (Å²) in [6.45, 7) is 4.39. The second-order valence-electron chi connectivity index (χ2n) is 4.51. The van der Waals surface area contributed by atoms with E-state index in [2.05, 4.69) is 45.7 Å². The minimum Gasteiger partial charge on any atom is -0.285 e. The molecule has 0 spiro atoms. The molecule has 1 atom stereocenters. The minimum atomic E-state index is -0.310. The minimum absolute atomic E-state index is 0.118. The van der Waals surface area contributed by atoms with Gasteiger partial charge in [-0.2, -0.15) is 0 Å². The Balaban J connectivity index is 3.96. The van der Waals surface area contributed by atoms with Gasteiger partial charge in [-0.3, -0.25) is 4.79 Å². The Hall–Kier alpha value is 0.630. The van der Waals surface area contributed by atoms with E-state index in [-0.39, 0.29) is 9.02 Å². The van der Waals surface area contributed by atoms with E-state index in [1.165, 1.54) is 32.1 Å². The van der Waals surface area contributed by atoms with Crippen molar-refractivity contribution in [2.75, 3.05) is 0 Å². The highest BCUT2D eigenvalue weighted by atomic mass is 79.9. The molecule has 0 rings (SSSR count). The van der Waals surface area contributed by atoms with Crippen molar-refractivity contribution >= 4 is 36.6 Å². The van der Waals surface area contributed by atoms with Gasteiger partial charge >= 0.3 is 0 Å². The fourth-order valence-electron chi connectivity index (χ4n) is 1.81. The van der Waals surface area contributed by atoms with Crippen molar-refractivity contribution in [3.63, 3.8) is 0 Å². The maximum atomic E-state index is 11.6. The highest BCUT2D eigenvalue weighted by molar-refractivity contribution is 9.20. The lowest BCUT2D eigenvalue weighted by molar-refractivity contribution is -0.112. The Morgan fingerprint density at radius 2 is 1.38 bits per heavy atom. The van der Waals surface area contributed by atoms with E-state index in [0.717, 1.165) is 25.7 Å². The molecule has 0 N–H and O–H groups in total. The number of carbonyl (C=O) groups is 1. The molecule has 0 aliphatic carbocycles. The summed E-state index contributed by atoms with van der Waals surface area (Å²) < 4.78 is -0.191. The summed E-state index contributed by atoms with van der Waals surface area (Å²) in [4.78, 5) is 11.6. The van der Waals surface area contributed by atoms with Crippen LogP contribution in [0.3, 0.4) is 0 Å². The topological polar surface area (TPSA) is 17.1 Å². The molecule has 16 heavy (non-hydrogen) atoms. The largest absolute Gasteiger partial charge is 0.285 e. The van der Waals surface area contributed by atoms with Crippen molar-refractivity contribution < 1.29 is 4.79 Å². The number of hydrogen-bond acceptors (Lipinski definition) is 1. The van der Waals surface area contributed by atoms with Gasteiger partial charge in [0, 0.05) is 0 Å². The van der Waals surface area contributed by atoms with Gasteiger partial charge in [0.15, 0.2) is 0 Å². The zero-order chi connectivity index (χ0) is 12.4. The predicted molar refractivity (Wildman–Crippen MR) is 78.5 cm³/mol. The molecule has 0 aromatic carbocycles. The van der Waals surface area contributed by atoms with Crippen LogP contribution >= 0.6 is 31.9 Å². The van der Waals surface area contributed by atoms with E-state index < -0.39 is 0 Å². The molecule has 0 amide bonds. The Kier molecular flexibility index (Phi) is 10.0. The van der Waals surface area contributed by atoms with Crippen LogP contribution in [0.1, 0.15) is 71.6 Å². The average Bonchev–Trinajstić information content (AvgIpc) is 2.25. The molecule has 0 aromatic heterocycles. The van der Waals surface area contributed by atoms with Crippen LogP contribution in [0, 0.1) is 0 Å². The molecule has 0 aliphatic heterocycles. The summed E-state index contributed by atoms with van der Waals surface area (Å²) in [6, 6.07) is 0. The smallest absolute Gasteiger partial charge is 0.214 e. The van der Waals surface area contributed by atoms with Gasteiger partial charge in [-0.25, -0.2) is 0 Å². The van der Waals surface area contributed by atoms with E-state index in [1.807, 2.05) is 0 Å². The highest BCUT2D eigenvalue weighted by Gasteiger charge is 2.32. The summed E-state index contributed by atoms with van der Waals surface area (Å²) in [5, 5.41) is 0. The number of carbonyl (C=O) groups excluding carboxylic acids is 1. The van der Waals surface area contributed by atoms with Crippen LogP contribution in [-0.4, -0.2) is 9.02 Å². The molecule has 0 aliphatic rings. The van der Waals surface area contributed by atoms with Crippen LogP contribution in [0.5, 0.6) is 0 Å². The van der Waals surface area contributed by atoms with Crippen LogP contribution in [0.4, 0.5) is 0 Å². The Morgan fingerprint density at radius 1 is 0.938 bits per heavy atom. The van der Waals surface area contributed by atoms with Crippen LogP contribution in [0.15, 0.2) is 0 Å². The lowest BCUT2D eigenvalue weighted by Gasteiger charge is -2.23. The molecule has 96 valence electrons. The number of rotatable bonds is 10. The lowest BCUT2D eigenvalue weighted by atomic mass is 9.96. The molecule has 0 saturated carbocycles. The number of alkyl halides is 1. The zero-order valence-electron chi connectivity index (χ0n) is 10.5. The zero-order valence-corrected chi connectivity index (χ0v) is 13.7. The SMILES string of the molecule is CCCCCCC(Br)(CCCCC)C(=O)Br. The van der Waals surface area contributed by atoms with Crippen molar-refractivity contribution in [2.45, 2.75) is 76.0 Å². The van der Waals surface area contributed by atoms with Gasteiger partial charge in [0.05, 0.1) is 4.32 Å². The molecule has 0 heterocycles. The normalized spacial score (nSPS) is 14.8. The van der Waals surface area contributed by atoms with Crippen molar-refractivity contribution in [3.05, 3.63) is 0 Å². The second kappa shape index (κ2) is 9.64. The number of halogens is 2. The lowest BCUT2D eigenvalue weighted by Crippen LogP contribution is -2.27. The Labute approximate surface area is 117 Å². The summed E-state index contributed by atoms with van der Waals surface area (Å²) in [6.07, 6.45) is 10.4. The maximum Gasteiger partial charge on any atom is 0.214 e. The van der Waals surface area contributed by atoms with Gasteiger partial charge < -0.3 is 0 Å². The number of hydrogen-bond donors (Lipinski definition) is 0. The molecule has 1 nitrogen and oxygen atoms in total. The average molecular weight is 356 g/mol. The van der Waals surface area contributed by atoms with E-state index >= 15 is 0 Å². The second-order valence-corrected chi connectivity index (χ2v) is 6.74. The Morgan fingerprint density at radius 3 is 1.81 bits per heavy atom. The first-order valence-electron chi connectivity index (χ1n) is 6.45. The first kappa shape index (κ1) is 16.6. The van der Waals surface area contributed by atoms with Crippen LogP contribution in [0.2, 0.25) is 0 Å². The van der Waals surface area contributed by atoms with E-state index in [1.54, 1.807) is 0 Å². The monoisotopic (exact) mass is 354 g/mol. The fraction of sp³-hybridized carbons (Fsp3) is 0.923. The summed E-state index contributed by atoms with van der Waals surface area (Å²) >= 11 is 6.77. The molecular formula is C13H24Br2O. The molecule has 0 aromatic rings. The van der Waals surface area contributed by atoms with Crippen molar-refractivity contribution in [2.24, 2.45) is 0 Å². The molecule has 0 bridgehead atoms.